The highest BCUT2D eigenvalue weighted by Crippen LogP contribution is 2.26. The lowest BCUT2D eigenvalue weighted by molar-refractivity contribution is -0.143. The third-order valence-corrected chi connectivity index (χ3v) is 3.13. The van der Waals surface area contributed by atoms with E-state index in [0.29, 0.717) is 19.4 Å². The molecule has 3 heteroatoms. The fraction of sp³-hybridized carbons (Fsp3) is 0.500. The molecule has 0 saturated carbocycles. The largest absolute Gasteiger partial charge is 0.466 e. The average molecular weight is 255 g/mol. The number of alkyl halides is 1. The zero-order chi connectivity index (χ0) is 12.7. The monoisotopic (exact) mass is 254 g/mol. The Bertz CT molecular complexity index is 346. The van der Waals surface area contributed by atoms with Crippen molar-refractivity contribution in [3.05, 3.63) is 35.4 Å². The maximum Gasteiger partial charge on any atom is 0.305 e. The summed E-state index contributed by atoms with van der Waals surface area (Å²) in [6.45, 7) is 4.35. The third-order valence-electron chi connectivity index (χ3n) is 2.66. The fourth-order valence-corrected chi connectivity index (χ4v) is 1.86. The molecule has 0 bridgehead atoms. The molecule has 0 aromatic heterocycles. The minimum atomic E-state index is -0.177. The molecule has 0 fully saturated rings. The van der Waals surface area contributed by atoms with Crippen molar-refractivity contribution in [3.63, 3.8) is 0 Å². The first-order chi connectivity index (χ1) is 8.17. The van der Waals surface area contributed by atoms with Gasteiger partial charge in [-0.1, -0.05) is 31.2 Å². The predicted octanol–water partition coefficient (Wildman–Crippen LogP) is 3.87. The lowest BCUT2D eigenvalue weighted by Crippen LogP contribution is -2.05. The van der Waals surface area contributed by atoms with Gasteiger partial charge in [-0.15, -0.1) is 11.6 Å². The standard InChI is InChI=1S/C14H19ClO2/c1-3-11-5-7-12(8-6-11)13(15)9-10-14(16)17-4-2/h5-8,13H,3-4,9-10H2,1-2H3. The van der Waals surface area contributed by atoms with Gasteiger partial charge in [-0.2, -0.15) is 0 Å². The molecule has 0 heterocycles. The van der Waals surface area contributed by atoms with E-state index in [-0.39, 0.29) is 11.3 Å². The number of rotatable bonds is 6. The number of carbonyl (C=O) groups excluding carboxylic acids is 1. The van der Waals surface area contributed by atoms with Crippen molar-refractivity contribution in [2.24, 2.45) is 0 Å². The Morgan fingerprint density at radius 1 is 1.29 bits per heavy atom. The van der Waals surface area contributed by atoms with E-state index in [9.17, 15) is 4.79 Å². The zero-order valence-corrected chi connectivity index (χ0v) is 11.2. The molecule has 0 amide bonds. The Kier molecular flexibility index (Phi) is 6.06. The molecule has 0 radical (unpaired) electrons. The van der Waals surface area contributed by atoms with Crippen LogP contribution in [0.15, 0.2) is 24.3 Å². The van der Waals surface area contributed by atoms with Gasteiger partial charge in [0.15, 0.2) is 0 Å². The number of ether oxygens (including phenoxy) is 1. The Labute approximate surface area is 108 Å². The molecule has 1 atom stereocenters. The number of aryl methyl sites for hydroxylation is 1. The van der Waals surface area contributed by atoms with E-state index in [1.165, 1.54) is 5.56 Å². The normalized spacial score (nSPS) is 12.2. The van der Waals surface area contributed by atoms with Gasteiger partial charge in [-0.3, -0.25) is 4.79 Å². The van der Waals surface area contributed by atoms with Crippen LogP contribution in [0.1, 0.15) is 43.2 Å². The van der Waals surface area contributed by atoms with Crippen LogP contribution in [-0.4, -0.2) is 12.6 Å². The number of halogens is 1. The lowest BCUT2D eigenvalue weighted by Gasteiger charge is -2.10. The van der Waals surface area contributed by atoms with Crippen LogP contribution in [0, 0.1) is 0 Å². The minimum absolute atomic E-state index is 0.120. The summed E-state index contributed by atoms with van der Waals surface area (Å²) in [4.78, 5) is 11.2. The molecular weight excluding hydrogens is 236 g/mol. The topological polar surface area (TPSA) is 26.3 Å². The summed E-state index contributed by atoms with van der Waals surface area (Å²) < 4.78 is 4.87. The van der Waals surface area contributed by atoms with Crippen LogP contribution in [0.4, 0.5) is 0 Å². The van der Waals surface area contributed by atoms with Crippen molar-refractivity contribution in [1.29, 1.82) is 0 Å². The summed E-state index contributed by atoms with van der Waals surface area (Å²) in [5, 5.41) is -0.120. The number of esters is 1. The highest BCUT2D eigenvalue weighted by molar-refractivity contribution is 6.20. The van der Waals surface area contributed by atoms with Gasteiger partial charge in [0.1, 0.15) is 0 Å². The van der Waals surface area contributed by atoms with Crippen LogP contribution < -0.4 is 0 Å². The second-order valence-electron chi connectivity index (χ2n) is 3.91. The lowest BCUT2D eigenvalue weighted by atomic mass is 10.0. The van der Waals surface area contributed by atoms with Crippen molar-refractivity contribution in [2.45, 2.75) is 38.5 Å². The summed E-state index contributed by atoms with van der Waals surface area (Å²) in [6.07, 6.45) is 2.01. The first kappa shape index (κ1) is 14.0. The number of hydrogen-bond donors (Lipinski definition) is 0. The van der Waals surface area contributed by atoms with Gasteiger partial charge < -0.3 is 4.74 Å². The Hall–Kier alpha value is -1.02. The van der Waals surface area contributed by atoms with Crippen LogP contribution in [0.2, 0.25) is 0 Å². The summed E-state index contributed by atoms with van der Waals surface area (Å²) in [5.41, 5.74) is 2.36. The maximum atomic E-state index is 11.2. The molecule has 94 valence electrons. The maximum absolute atomic E-state index is 11.2. The van der Waals surface area contributed by atoms with E-state index in [0.717, 1.165) is 12.0 Å². The highest BCUT2D eigenvalue weighted by atomic mass is 35.5. The number of hydrogen-bond acceptors (Lipinski definition) is 2. The number of benzene rings is 1. The number of carbonyl (C=O) groups is 1. The zero-order valence-electron chi connectivity index (χ0n) is 10.4. The van der Waals surface area contributed by atoms with Gasteiger partial charge in [0, 0.05) is 6.42 Å². The van der Waals surface area contributed by atoms with Crippen LogP contribution in [0.3, 0.4) is 0 Å². The van der Waals surface area contributed by atoms with E-state index < -0.39 is 0 Å². The Morgan fingerprint density at radius 3 is 2.47 bits per heavy atom. The predicted molar refractivity (Wildman–Crippen MR) is 70.3 cm³/mol. The molecular formula is C14H19ClO2. The molecule has 0 saturated heterocycles. The fourth-order valence-electron chi connectivity index (χ4n) is 1.61. The van der Waals surface area contributed by atoms with Gasteiger partial charge in [0.2, 0.25) is 0 Å². The van der Waals surface area contributed by atoms with Gasteiger partial charge in [0.05, 0.1) is 12.0 Å². The smallest absolute Gasteiger partial charge is 0.305 e. The van der Waals surface area contributed by atoms with E-state index in [1.807, 2.05) is 12.1 Å². The molecule has 1 unspecified atom stereocenters. The van der Waals surface area contributed by atoms with E-state index in [4.69, 9.17) is 16.3 Å². The van der Waals surface area contributed by atoms with Crippen molar-refractivity contribution >= 4 is 17.6 Å². The van der Waals surface area contributed by atoms with E-state index in [1.54, 1.807) is 6.92 Å². The third kappa shape index (κ3) is 4.78. The van der Waals surface area contributed by atoms with Gasteiger partial charge in [-0.25, -0.2) is 0 Å². The molecule has 0 N–H and O–H groups in total. The van der Waals surface area contributed by atoms with Gasteiger partial charge in [-0.05, 0) is 30.9 Å². The molecule has 1 rings (SSSR count). The van der Waals surface area contributed by atoms with Gasteiger partial charge >= 0.3 is 5.97 Å². The highest BCUT2D eigenvalue weighted by Gasteiger charge is 2.11. The van der Waals surface area contributed by atoms with Crippen molar-refractivity contribution in [1.82, 2.24) is 0 Å². The molecule has 0 aliphatic rings. The molecule has 1 aromatic carbocycles. The summed E-state index contributed by atoms with van der Waals surface area (Å²) in [5.74, 6) is -0.177. The van der Waals surface area contributed by atoms with E-state index in [2.05, 4.69) is 19.1 Å². The Morgan fingerprint density at radius 2 is 1.94 bits per heavy atom. The second kappa shape index (κ2) is 7.33. The van der Waals surface area contributed by atoms with Crippen molar-refractivity contribution < 1.29 is 9.53 Å². The molecule has 17 heavy (non-hydrogen) atoms. The molecule has 0 aliphatic heterocycles. The molecule has 0 aliphatic carbocycles. The molecule has 2 nitrogen and oxygen atoms in total. The second-order valence-corrected chi connectivity index (χ2v) is 4.43. The van der Waals surface area contributed by atoms with Crippen LogP contribution in [0.25, 0.3) is 0 Å². The average Bonchev–Trinajstić information content (AvgIpc) is 2.36. The van der Waals surface area contributed by atoms with Gasteiger partial charge in [0.25, 0.3) is 0 Å². The summed E-state index contributed by atoms with van der Waals surface area (Å²) in [7, 11) is 0. The first-order valence-electron chi connectivity index (χ1n) is 6.05. The molecule has 1 aromatic rings. The van der Waals surface area contributed by atoms with Crippen LogP contribution in [0.5, 0.6) is 0 Å². The quantitative estimate of drug-likeness (QED) is 0.569. The first-order valence-corrected chi connectivity index (χ1v) is 6.49. The summed E-state index contributed by atoms with van der Waals surface area (Å²) >= 11 is 6.24. The Balaban J connectivity index is 2.46. The van der Waals surface area contributed by atoms with Crippen molar-refractivity contribution in [3.8, 4) is 0 Å². The van der Waals surface area contributed by atoms with E-state index >= 15 is 0 Å². The molecule has 0 spiro atoms. The SMILES string of the molecule is CCOC(=O)CCC(Cl)c1ccc(CC)cc1. The van der Waals surface area contributed by atoms with Crippen molar-refractivity contribution in [2.75, 3.05) is 6.61 Å². The minimum Gasteiger partial charge on any atom is -0.466 e. The van der Waals surface area contributed by atoms with Crippen LogP contribution >= 0.6 is 11.6 Å². The van der Waals surface area contributed by atoms with Crippen LogP contribution in [-0.2, 0) is 16.0 Å². The summed E-state index contributed by atoms with van der Waals surface area (Å²) in [6, 6.07) is 8.22.